The summed E-state index contributed by atoms with van der Waals surface area (Å²) in [6.45, 7) is 1.51. The van der Waals surface area contributed by atoms with Crippen molar-refractivity contribution in [2.75, 3.05) is 6.54 Å². The Morgan fingerprint density at radius 1 is 1.17 bits per heavy atom. The zero-order valence-corrected chi connectivity index (χ0v) is 14.1. The Morgan fingerprint density at radius 2 is 1.96 bits per heavy atom. The van der Waals surface area contributed by atoms with Gasteiger partial charge in [0.25, 0.3) is 0 Å². The van der Waals surface area contributed by atoms with Crippen molar-refractivity contribution in [1.82, 2.24) is 20.2 Å². The van der Waals surface area contributed by atoms with Crippen LogP contribution in [0.15, 0.2) is 42.7 Å². The van der Waals surface area contributed by atoms with Gasteiger partial charge in [0.2, 0.25) is 0 Å². The summed E-state index contributed by atoms with van der Waals surface area (Å²) in [4.78, 5) is 16.4. The normalized spacial score (nSPS) is 15.2. The molecule has 5 nitrogen and oxygen atoms in total. The summed E-state index contributed by atoms with van der Waals surface area (Å²) in [6.07, 6.45) is 10.7. The van der Waals surface area contributed by atoms with Gasteiger partial charge in [-0.15, -0.1) is 0 Å². The number of aromatic nitrogens is 2. The highest BCUT2D eigenvalue weighted by molar-refractivity contribution is 5.74. The number of imidazole rings is 1. The molecule has 0 radical (unpaired) electrons. The number of nitrogens with one attached hydrogen (secondary N) is 2. The summed E-state index contributed by atoms with van der Waals surface area (Å²) >= 11 is 0. The van der Waals surface area contributed by atoms with Crippen LogP contribution in [0.1, 0.15) is 38.5 Å². The average molecular weight is 326 g/mol. The summed E-state index contributed by atoms with van der Waals surface area (Å²) < 4.78 is 2.13. The van der Waals surface area contributed by atoms with E-state index in [0.29, 0.717) is 12.6 Å². The molecule has 5 heteroatoms. The highest BCUT2D eigenvalue weighted by Gasteiger charge is 2.15. The van der Waals surface area contributed by atoms with Crippen LogP contribution in [0.5, 0.6) is 0 Å². The van der Waals surface area contributed by atoms with E-state index >= 15 is 0 Å². The molecule has 2 aromatic rings. The largest absolute Gasteiger partial charge is 0.338 e. The number of urea groups is 1. The lowest BCUT2D eigenvalue weighted by molar-refractivity contribution is 0.232. The van der Waals surface area contributed by atoms with Gasteiger partial charge in [-0.1, -0.05) is 49.6 Å². The Bertz CT molecular complexity index is 632. The van der Waals surface area contributed by atoms with Gasteiger partial charge in [0, 0.05) is 37.1 Å². The fourth-order valence-electron chi connectivity index (χ4n) is 3.27. The molecule has 2 amide bonds. The molecule has 1 aliphatic rings. The van der Waals surface area contributed by atoms with E-state index in [4.69, 9.17) is 0 Å². The number of rotatable bonds is 6. The molecule has 1 aliphatic carbocycles. The van der Waals surface area contributed by atoms with Crippen LogP contribution < -0.4 is 10.6 Å². The third-order valence-corrected chi connectivity index (χ3v) is 4.55. The molecule has 0 atom stereocenters. The lowest BCUT2D eigenvalue weighted by Crippen LogP contribution is -2.43. The van der Waals surface area contributed by atoms with Crippen LogP contribution in [0.2, 0.25) is 0 Å². The topological polar surface area (TPSA) is 59.0 Å². The lowest BCUT2D eigenvalue weighted by Gasteiger charge is -2.22. The first-order valence-electron chi connectivity index (χ1n) is 8.94. The molecule has 1 fully saturated rings. The first-order chi connectivity index (χ1) is 11.8. The third kappa shape index (κ3) is 4.60. The maximum Gasteiger partial charge on any atom is 0.315 e. The summed E-state index contributed by atoms with van der Waals surface area (Å²) in [6, 6.07) is 10.5. The van der Waals surface area contributed by atoms with Gasteiger partial charge in [0.1, 0.15) is 5.82 Å². The van der Waals surface area contributed by atoms with E-state index in [0.717, 1.165) is 37.2 Å². The second-order valence-corrected chi connectivity index (χ2v) is 6.40. The monoisotopic (exact) mass is 326 g/mol. The highest BCUT2D eigenvalue weighted by atomic mass is 16.2. The maximum absolute atomic E-state index is 11.9. The van der Waals surface area contributed by atoms with Crippen molar-refractivity contribution in [3.63, 3.8) is 0 Å². The van der Waals surface area contributed by atoms with Crippen LogP contribution in [0, 0.1) is 0 Å². The molecule has 0 bridgehead atoms. The lowest BCUT2D eigenvalue weighted by atomic mass is 9.96. The van der Waals surface area contributed by atoms with Gasteiger partial charge in [-0.2, -0.15) is 0 Å². The van der Waals surface area contributed by atoms with Gasteiger partial charge in [0.15, 0.2) is 0 Å². The van der Waals surface area contributed by atoms with Crippen LogP contribution in [-0.2, 0) is 6.54 Å². The van der Waals surface area contributed by atoms with Gasteiger partial charge in [-0.3, -0.25) is 0 Å². The van der Waals surface area contributed by atoms with Crippen molar-refractivity contribution >= 4 is 6.03 Å². The van der Waals surface area contributed by atoms with E-state index in [1.54, 1.807) is 0 Å². The summed E-state index contributed by atoms with van der Waals surface area (Å²) in [5.41, 5.74) is 1.12. The van der Waals surface area contributed by atoms with Crippen molar-refractivity contribution in [2.45, 2.75) is 51.1 Å². The van der Waals surface area contributed by atoms with Gasteiger partial charge in [-0.25, -0.2) is 9.78 Å². The molecular weight excluding hydrogens is 300 g/mol. The first kappa shape index (κ1) is 16.6. The van der Waals surface area contributed by atoms with E-state index < -0.39 is 0 Å². The smallest absolute Gasteiger partial charge is 0.315 e. The van der Waals surface area contributed by atoms with E-state index in [1.807, 2.05) is 30.6 Å². The molecule has 1 aromatic carbocycles. The second kappa shape index (κ2) is 8.52. The number of hydrogen-bond acceptors (Lipinski definition) is 2. The molecule has 128 valence electrons. The van der Waals surface area contributed by atoms with Crippen LogP contribution in [0.25, 0.3) is 11.4 Å². The summed E-state index contributed by atoms with van der Waals surface area (Å²) in [5, 5.41) is 6.05. The highest BCUT2D eigenvalue weighted by Crippen LogP contribution is 2.18. The Kier molecular flexibility index (Phi) is 5.88. The zero-order valence-electron chi connectivity index (χ0n) is 14.1. The second-order valence-electron chi connectivity index (χ2n) is 6.40. The number of hydrogen-bond donors (Lipinski definition) is 2. The fraction of sp³-hybridized carbons (Fsp3) is 0.474. The number of carbonyl (C=O) groups excluding carboxylic acids is 1. The quantitative estimate of drug-likeness (QED) is 0.797. The Balaban J connectivity index is 1.41. The molecule has 0 aliphatic heterocycles. The molecular formula is C19H26N4O. The van der Waals surface area contributed by atoms with Crippen molar-refractivity contribution in [3.05, 3.63) is 42.7 Å². The zero-order chi connectivity index (χ0) is 16.6. The number of carbonyl (C=O) groups is 1. The molecule has 3 rings (SSSR count). The minimum atomic E-state index is -0.0317. The average Bonchev–Trinajstić information content (AvgIpc) is 3.09. The number of nitrogens with zero attached hydrogens (tertiary/aromatic N) is 2. The third-order valence-electron chi connectivity index (χ3n) is 4.55. The summed E-state index contributed by atoms with van der Waals surface area (Å²) in [7, 11) is 0. The molecule has 24 heavy (non-hydrogen) atoms. The van der Waals surface area contributed by atoms with Gasteiger partial charge < -0.3 is 15.2 Å². The minimum Gasteiger partial charge on any atom is -0.338 e. The van der Waals surface area contributed by atoms with Crippen LogP contribution in [0.4, 0.5) is 4.79 Å². The fourth-order valence-corrected chi connectivity index (χ4v) is 3.27. The maximum atomic E-state index is 11.9. The van der Waals surface area contributed by atoms with E-state index in [9.17, 15) is 4.79 Å². The van der Waals surface area contributed by atoms with Crippen molar-refractivity contribution in [3.8, 4) is 11.4 Å². The molecule has 1 heterocycles. The van der Waals surface area contributed by atoms with Gasteiger partial charge >= 0.3 is 6.03 Å². The van der Waals surface area contributed by atoms with Crippen molar-refractivity contribution in [1.29, 1.82) is 0 Å². The SMILES string of the molecule is O=C(NCCCn1ccnc1-c1ccccc1)NC1CCCCC1. The van der Waals surface area contributed by atoms with Crippen molar-refractivity contribution < 1.29 is 4.79 Å². The van der Waals surface area contributed by atoms with E-state index in [2.05, 4.69) is 32.3 Å². The standard InChI is InChI=1S/C19H26N4O/c24-19(22-17-10-5-2-6-11-17)21-12-7-14-23-15-13-20-18(23)16-8-3-1-4-9-16/h1,3-4,8-9,13,15,17H,2,5-7,10-12,14H2,(H2,21,22,24). The van der Waals surface area contributed by atoms with Crippen molar-refractivity contribution in [2.24, 2.45) is 0 Å². The number of amides is 2. The predicted octanol–water partition coefficient (Wildman–Crippen LogP) is 3.57. The Morgan fingerprint density at radius 3 is 2.75 bits per heavy atom. The molecule has 2 N–H and O–H groups in total. The van der Waals surface area contributed by atoms with E-state index in [1.165, 1.54) is 19.3 Å². The number of aryl methyl sites for hydroxylation is 1. The molecule has 0 spiro atoms. The first-order valence-corrected chi connectivity index (χ1v) is 8.94. The van der Waals surface area contributed by atoms with Crippen LogP contribution in [0.3, 0.4) is 0 Å². The van der Waals surface area contributed by atoms with Crippen LogP contribution in [-0.4, -0.2) is 28.2 Å². The number of benzene rings is 1. The molecule has 1 aromatic heterocycles. The van der Waals surface area contributed by atoms with Gasteiger partial charge in [0.05, 0.1) is 0 Å². The minimum absolute atomic E-state index is 0.0317. The van der Waals surface area contributed by atoms with E-state index in [-0.39, 0.29) is 6.03 Å². The molecule has 1 saturated carbocycles. The molecule has 0 saturated heterocycles. The van der Waals surface area contributed by atoms with Crippen LogP contribution >= 0.6 is 0 Å². The summed E-state index contributed by atoms with van der Waals surface area (Å²) in [5.74, 6) is 0.974. The molecule has 0 unspecified atom stereocenters. The predicted molar refractivity (Wildman–Crippen MR) is 95.7 cm³/mol. The Labute approximate surface area is 143 Å². The van der Waals surface area contributed by atoms with Gasteiger partial charge in [-0.05, 0) is 19.3 Å². The Hall–Kier alpha value is -2.30.